The molecule has 2 rings (SSSR count). The lowest BCUT2D eigenvalue weighted by Gasteiger charge is -2.12. The minimum Gasteiger partial charge on any atom is -0.389 e. The number of carbonyl (C=O) groups is 1. The van der Waals surface area contributed by atoms with Crippen molar-refractivity contribution < 1.29 is 4.79 Å². The van der Waals surface area contributed by atoms with Gasteiger partial charge in [-0.05, 0) is 12.1 Å². The van der Waals surface area contributed by atoms with Crippen LogP contribution in [-0.4, -0.2) is 20.4 Å². The molecule has 0 unspecified atom stereocenters. The number of aromatic nitrogens is 2. The Morgan fingerprint density at radius 3 is 2.81 bits per heavy atom. The summed E-state index contributed by atoms with van der Waals surface area (Å²) in [5.41, 5.74) is 6.94. The van der Waals surface area contributed by atoms with Gasteiger partial charge in [0.15, 0.2) is 0 Å². The molecule has 1 heterocycles. The van der Waals surface area contributed by atoms with Gasteiger partial charge in [0.2, 0.25) is 5.91 Å². The van der Waals surface area contributed by atoms with Crippen LogP contribution in [0.1, 0.15) is 31.2 Å². The van der Waals surface area contributed by atoms with Crippen LogP contribution in [0.4, 0.5) is 5.69 Å². The van der Waals surface area contributed by atoms with E-state index in [2.05, 4.69) is 10.3 Å². The Balaban J connectivity index is 2.12. The maximum Gasteiger partial charge on any atom is 0.244 e. The van der Waals surface area contributed by atoms with Gasteiger partial charge in [0.05, 0.1) is 5.69 Å². The number of imidazole rings is 1. The number of hydrogen-bond donors (Lipinski definition) is 2. The molecule has 0 aliphatic rings. The van der Waals surface area contributed by atoms with Crippen molar-refractivity contribution in [1.82, 2.24) is 9.55 Å². The zero-order valence-electron chi connectivity index (χ0n) is 12.0. The van der Waals surface area contributed by atoms with E-state index in [1.807, 2.05) is 30.5 Å². The van der Waals surface area contributed by atoms with Crippen molar-refractivity contribution in [2.24, 2.45) is 5.73 Å². The molecule has 2 aromatic rings. The fourth-order valence-electron chi connectivity index (χ4n) is 2.11. The first kappa shape index (κ1) is 15.2. The largest absolute Gasteiger partial charge is 0.389 e. The summed E-state index contributed by atoms with van der Waals surface area (Å²) >= 11 is 4.98. The molecule has 1 amide bonds. The number of nitrogens with one attached hydrogen (secondary N) is 1. The predicted octanol–water partition coefficient (Wildman–Crippen LogP) is 2.28. The molecule has 0 aliphatic carbocycles. The highest BCUT2D eigenvalue weighted by atomic mass is 32.1. The molecule has 6 heteroatoms. The summed E-state index contributed by atoms with van der Waals surface area (Å²) in [7, 11) is 0. The fourth-order valence-corrected chi connectivity index (χ4v) is 2.28. The number of thiocarbonyl (C=S) groups is 1. The summed E-state index contributed by atoms with van der Waals surface area (Å²) in [6, 6.07) is 7.23. The Hall–Kier alpha value is -2.21. The third kappa shape index (κ3) is 3.66. The molecule has 0 atom stereocenters. The van der Waals surface area contributed by atoms with Crippen LogP contribution in [0, 0.1) is 0 Å². The average molecular weight is 302 g/mol. The van der Waals surface area contributed by atoms with Crippen molar-refractivity contribution in [3.8, 4) is 0 Å². The Morgan fingerprint density at radius 1 is 1.43 bits per heavy atom. The molecule has 0 aliphatic heterocycles. The predicted molar refractivity (Wildman–Crippen MR) is 87.3 cm³/mol. The van der Waals surface area contributed by atoms with E-state index in [-0.39, 0.29) is 23.4 Å². The van der Waals surface area contributed by atoms with Crippen molar-refractivity contribution in [3.05, 3.63) is 48.0 Å². The van der Waals surface area contributed by atoms with Crippen LogP contribution in [0.25, 0.3) is 0 Å². The van der Waals surface area contributed by atoms with Crippen LogP contribution in [0.2, 0.25) is 0 Å². The van der Waals surface area contributed by atoms with Crippen molar-refractivity contribution in [2.75, 3.05) is 5.32 Å². The Morgan fingerprint density at radius 2 is 2.14 bits per heavy atom. The number of nitrogens with two attached hydrogens (primary N) is 1. The highest BCUT2D eigenvalue weighted by molar-refractivity contribution is 7.80. The third-order valence-electron chi connectivity index (χ3n) is 3.04. The SMILES string of the molecule is CC(C)c1nccn1CC(=O)Nc1ccccc1C(N)=S. The second-order valence-corrected chi connectivity index (χ2v) is 5.47. The van der Waals surface area contributed by atoms with Gasteiger partial charge in [0.25, 0.3) is 0 Å². The monoisotopic (exact) mass is 302 g/mol. The van der Waals surface area contributed by atoms with E-state index in [0.717, 1.165) is 5.82 Å². The highest BCUT2D eigenvalue weighted by Crippen LogP contribution is 2.16. The second-order valence-electron chi connectivity index (χ2n) is 5.03. The highest BCUT2D eigenvalue weighted by Gasteiger charge is 2.12. The maximum absolute atomic E-state index is 12.2. The normalized spacial score (nSPS) is 10.6. The smallest absolute Gasteiger partial charge is 0.244 e. The minimum atomic E-state index is -0.140. The first-order valence-electron chi connectivity index (χ1n) is 6.68. The Bertz CT molecular complexity index is 663. The van der Waals surface area contributed by atoms with E-state index < -0.39 is 0 Å². The lowest BCUT2D eigenvalue weighted by molar-refractivity contribution is -0.116. The van der Waals surface area contributed by atoms with E-state index in [1.165, 1.54) is 0 Å². The lowest BCUT2D eigenvalue weighted by atomic mass is 10.2. The lowest BCUT2D eigenvalue weighted by Crippen LogP contribution is -2.22. The molecule has 1 aromatic heterocycles. The van der Waals surface area contributed by atoms with E-state index in [9.17, 15) is 4.79 Å². The topological polar surface area (TPSA) is 72.9 Å². The van der Waals surface area contributed by atoms with Crippen LogP contribution in [0.15, 0.2) is 36.7 Å². The molecule has 1 aromatic carbocycles. The summed E-state index contributed by atoms with van der Waals surface area (Å²) in [6.07, 6.45) is 3.50. The van der Waals surface area contributed by atoms with E-state index in [4.69, 9.17) is 18.0 Å². The molecule has 21 heavy (non-hydrogen) atoms. The molecular formula is C15H18N4OS. The number of anilines is 1. The Kier molecular flexibility index (Phi) is 4.70. The molecule has 0 radical (unpaired) electrons. The number of benzene rings is 1. The van der Waals surface area contributed by atoms with Crippen molar-refractivity contribution in [3.63, 3.8) is 0 Å². The van der Waals surface area contributed by atoms with Crippen molar-refractivity contribution in [2.45, 2.75) is 26.3 Å². The van der Waals surface area contributed by atoms with Crippen LogP contribution in [0.5, 0.6) is 0 Å². The van der Waals surface area contributed by atoms with Gasteiger partial charge >= 0.3 is 0 Å². The zero-order chi connectivity index (χ0) is 15.4. The first-order chi connectivity index (χ1) is 9.99. The fraction of sp³-hybridized carbons (Fsp3) is 0.267. The second kappa shape index (κ2) is 6.49. The summed E-state index contributed by atoms with van der Waals surface area (Å²) < 4.78 is 1.84. The minimum absolute atomic E-state index is 0.140. The first-order valence-corrected chi connectivity index (χ1v) is 7.09. The summed E-state index contributed by atoms with van der Waals surface area (Å²) in [5.74, 6) is 1.00. The molecule has 5 nitrogen and oxygen atoms in total. The molecule has 0 spiro atoms. The number of hydrogen-bond acceptors (Lipinski definition) is 3. The van der Waals surface area contributed by atoms with Crippen LogP contribution in [-0.2, 0) is 11.3 Å². The van der Waals surface area contributed by atoms with Gasteiger partial charge in [-0.25, -0.2) is 4.98 Å². The van der Waals surface area contributed by atoms with Gasteiger partial charge in [-0.15, -0.1) is 0 Å². The maximum atomic E-state index is 12.2. The van der Waals surface area contributed by atoms with E-state index in [1.54, 1.807) is 24.5 Å². The van der Waals surface area contributed by atoms with Crippen LogP contribution < -0.4 is 11.1 Å². The molecule has 0 saturated carbocycles. The summed E-state index contributed by atoms with van der Waals surface area (Å²) in [4.78, 5) is 16.7. The molecular weight excluding hydrogens is 284 g/mol. The molecule has 0 saturated heterocycles. The van der Waals surface area contributed by atoms with Gasteiger partial charge in [-0.2, -0.15) is 0 Å². The average Bonchev–Trinajstić information content (AvgIpc) is 2.87. The molecule has 0 fully saturated rings. The van der Waals surface area contributed by atoms with E-state index in [0.29, 0.717) is 11.3 Å². The standard InChI is InChI=1S/C15H18N4OS/c1-10(2)15-17-7-8-19(15)9-13(20)18-12-6-4-3-5-11(12)14(16)21/h3-8,10H,9H2,1-2H3,(H2,16,21)(H,18,20). The number of amides is 1. The van der Waals surface area contributed by atoms with Gasteiger partial charge in [0.1, 0.15) is 17.4 Å². The number of carbonyl (C=O) groups excluding carboxylic acids is 1. The Labute approximate surface area is 129 Å². The molecule has 0 bridgehead atoms. The quantitative estimate of drug-likeness (QED) is 0.831. The van der Waals surface area contributed by atoms with Crippen LogP contribution >= 0.6 is 12.2 Å². The van der Waals surface area contributed by atoms with Gasteiger partial charge in [-0.1, -0.05) is 38.2 Å². The van der Waals surface area contributed by atoms with Gasteiger partial charge in [0, 0.05) is 23.9 Å². The summed E-state index contributed by atoms with van der Waals surface area (Å²) in [6.45, 7) is 4.29. The van der Waals surface area contributed by atoms with Gasteiger partial charge in [-0.3, -0.25) is 4.79 Å². The third-order valence-corrected chi connectivity index (χ3v) is 3.26. The van der Waals surface area contributed by atoms with Crippen molar-refractivity contribution >= 4 is 28.8 Å². The zero-order valence-corrected chi connectivity index (χ0v) is 12.9. The number of para-hydroxylation sites is 1. The number of rotatable bonds is 5. The van der Waals surface area contributed by atoms with Gasteiger partial charge < -0.3 is 15.6 Å². The molecule has 3 N–H and O–H groups in total. The van der Waals surface area contributed by atoms with Crippen LogP contribution in [0.3, 0.4) is 0 Å². The summed E-state index contributed by atoms with van der Waals surface area (Å²) in [5, 5.41) is 2.84. The van der Waals surface area contributed by atoms with E-state index >= 15 is 0 Å². The molecule has 110 valence electrons. The van der Waals surface area contributed by atoms with Crippen molar-refractivity contribution in [1.29, 1.82) is 0 Å². The number of nitrogens with zero attached hydrogens (tertiary/aromatic N) is 2.